The molecule has 0 aliphatic carbocycles. The second kappa shape index (κ2) is 6.27. The summed E-state index contributed by atoms with van der Waals surface area (Å²) in [6, 6.07) is 14.5. The smallest absolute Gasteiger partial charge is 0.160 e. The van der Waals surface area contributed by atoms with Crippen molar-refractivity contribution in [3.63, 3.8) is 0 Å². The van der Waals surface area contributed by atoms with Gasteiger partial charge in [0.05, 0.1) is 0 Å². The Labute approximate surface area is 129 Å². The zero-order chi connectivity index (χ0) is 14.7. The van der Waals surface area contributed by atoms with Crippen LogP contribution in [0.5, 0.6) is 0 Å². The fraction of sp³-hybridized carbons (Fsp3) is 0.294. The predicted octanol–water partition coefficient (Wildman–Crippen LogP) is 3.76. The Hall–Kier alpha value is -1.87. The van der Waals surface area contributed by atoms with Crippen LogP contribution in [0.15, 0.2) is 42.5 Å². The Morgan fingerprint density at radius 1 is 1.00 bits per heavy atom. The molecule has 0 spiro atoms. The number of pyridine rings is 1. The number of imidazole rings is 1. The highest BCUT2D eigenvalue weighted by Gasteiger charge is 2.11. The Kier molecular flexibility index (Phi) is 4.20. The molecule has 21 heavy (non-hydrogen) atoms. The van der Waals surface area contributed by atoms with Crippen molar-refractivity contribution >= 4 is 22.8 Å². The molecule has 4 heteroatoms. The van der Waals surface area contributed by atoms with Crippen molar-refractivity contribution in [2.24, 2.45) is 0 Å². The second-order valence-corrected chi connectivity index (χ2v) is 5.53. The van der Waals surface area contributed by atoms with E-state index in [-0.39, 0.29) is 0 Å². The number of aromatic nitrogens is 3. The number of fused-ring (bicyclic) bond motifs is 1. The summed E-state index contributed by atoms with van der Waals surface area (Å²) in [7, 11) is 0. The van der Waals surface area contributed by atoms with Crippen LogP contribution >= 0.6 is 11.6 Å². The molecule has 0 bridgehead atoms. The van der Waals surface area contributed by atoms with E-state index in [9.17, 15) is 0 Å². The van der Waals surface area contributed by atoms with Crippen molar-refractivity contribution in [3.05, 3.63) is 59.5 Å². The number of nitrogens with zero attached hydrogens (tertiary/aromatic N) is 3. The minimum Gasteiger partial charge on any atom is -0.312 e. The lowest BCUT2D eigenvalue weighted by Gasteiger charge is -2.08. The first-order valence-electron chi connectivity index (χ1n) is 7.20. The lowest BCUT2D eigenvalue weighted by Crippen LogP contribution is -2.08. The summed E-state index contributed by atoms with van der Waals surface area (Å²) in [5.41, 5.74) is 4.25. The molecule has 3 rings (SSSR count). The minimum atomic E-state index is 0.577. The van der Waals surface area contributed by atoms with E-state index in [0.29, 0.717) is 5.88 Å². The molecule has 0 amide bonds. The number of aryl methyl sites for hydroxylation is 4. The molecule has 0 radical (unpaired) electrons. The molecule has 0 N–H and O–H groups in total. The van der Waals surface area contributed by atoms with E-state index in [1.165, 1.54) is 5.56 Å². The van der Waals surface area contributed by atoms with Gasteiger partial charge in [-0.05, 0) is 31.0 Å². The van der Waals surface area contributed by atoms with Crippen molar-refractivity contribution in [3.8, 4) is 0 Å². The monoisotopic (exact) mass is 299 g/mol. The van der Waals surface area contributed by atoms with Crippen LogP contribution in [0, 0.1) is 6.92 Å². The summed E-state index contributed by atoms with van der Waals surface area (Å²) in [5, 5.41) is 0. The van der Waals surface area contributed by atoms with Crippen LogP contribution in [0.25, 0.3) is 11.2 Å². The summed E-state index contributed by atoms with van der Waals surface area (Å²) in [6.45, 7) is 2.89. The SMILES string of the molecule is Cc1ccc2nc(CCCl)n(CCc3ccccc3)c2n1. The Morgan fingerprint density at radius 2 is 1.81 bits per heavy atom. The van der Waals surface area contributed by atoms with E-state index in [0.717, 1.165) is 42.1 Å². The topological polar surface area (TPSA) is 30.7 Å². The first-order valence-corrected chi connectivity index (χ1v) is 7.74. The Balaban J connectivity index is 1.94. The maximum atomic E-state index is 5.91. The van der Waals surface area contributed by atoms with E-state index in [1.807, 2.05) is 25.1 Å². The van der Waals surface area contributed by atoms with Gasteiger partial charge >= 0.3 is 0 Å². The molecule has 1 aromatic carbocycles. The number of alkyl halides is 1. The van der Waals surface area contributed by atoms with Crippen molar-refractivity contribution in [2.75, 3.05) is 5.88 Å². The molecule has 2 heterocycles. The third kappa shape index (κ3) is 3.08. The van der Waals surface area contributed by atoms with Gasteiger partial charge in [0.2, 0.25) is 0 Å². The van der Waals surface area contributed by atoms with Gasteiger partial charge in [0.15, 0.2) is 5.65 Å². The van der Waals surface area contributed by atoms with Crippen molar-refractivity contribution in [1.82, 2.24) is 14.5 Å². The lowest BCUT2D eigenvalue weighted by atomic mass is 10.1. The summed E-state index contributed by atoms with van der Waals surface area (Å²) in [4.78, 5) is 9.32. The third-order valence-electron chi connectivity index (χ3n) is 3.60. The van der Waals surface area contributed by atoms with Crippen LogP contribution in [0.2, 0.25) is 0 Å². The number of hydrogen-bond donors (Lipinski definition) is 0. The summed E-state index contributed by atoms with van der Waals surface area (Å²) in [5.74, 6) is 1.60. The lowest BCUT2D eigenvalue weighted by molar-refractivity contribution is 0.669. The average molecular weight is 300 g/mol. The van der Waals surface area contributed by atoms with Crippen LogP contribution in [0.4, 0.5) is 0 Å². The summed E-state index contributed by atoms with van der Waals surface area (Å²) >= 11 is 5.91. The van der Waals surface area contributed by atoms with Crippen LogP contribution in [-0.4, -0.2) is 20.4 Å². The summed E-state index contributed by atoms with van der Waals surface area (Å²) < 4.78 is 2.21. The van der Waals surface area contributed by atoms with Crippen molar-refractivity contribution in [2.45, 2.75) is 26.3 Å². The van der Waals surface area contributed by atoms with Gasteiger partial charge in [0.25, 0.3) is 0 Å². The quantitative estimate of drug-likeness (QED) is 0.672. The molecule has 2 aromatic heterocycles. The van der Waals surface area contributed by atoms with E-state index in [4.69, 9.17) is 11.6 Å². The highest BCUT2D eigenvalue weighted by Crippen LogP contribution is 2.17. The fourth-order valence-corrected chi connectivity index (χ4v) is 2.71. The van der Waals surface area contributed by atoms with Crippen LogP contribution < -0.4 is 0 Å². The maximum Gasteiger partial charge on any atom is 0.160 e. The van der Waals surface area contributed by atoms with Crippen LogP contribution in [0.3, 0.4) is 0 Å². The van der Waals surface area contributed by atoms with Crippen LogP contribution in [-0.2, 0) is 19.4 Å². The van der Waals surface area contributed by atoms with E-state index in [1.54, 1.807) is 0 Å². The largest absolute Gasteiger partial charge is 0.312 e. The number of halogens is 1. The molecule has 0 fully saturated rings. The Morgan fingerprint density at radius 3 is 2.57 bits per heavy atom. The first-order chi connectivity index (χ1) is 10.3. The standard InChI is InChI=1S/C17H18ClN3/c1-13-7-8-15-17(19-13)21(16(20-15)9-11-18)12-10-14-5-3-2-4-6-14/h2-8H,9-12H2,1H3. The average Bonchev–Trinajstić information content (AvgIpc) is 2.83. The van der Waals surface area contributed by atoms with Gasteiger partial charge in [-0.2, -0.15) is 0 Å². The summed E-state index contributed by atoms with van der Waals surface area (Å²) in [6.07, 6.45) is 1.74. The fourth-order valence-electron chi connectivity index (χ4n) is 2.54. The predicted molar refractivity (Wildman–Crippen MR) is 86.8 cm³/mol. The highest BCUT2D eigenvalue weighted by molar-refractivity contribution is 6.17. The zero-order valence-electron chi connectivity index (χ0n) is 12.1. The van der Waals surface area contributed by atoms with Gasteiger partial charge in [-0.15, -0.1) is 11.6 Å². The molecule has 0 aliphatic rings. The molecule has 3 aromatic rings. The van der Waals surface area contributed by atoms with Gasteiger partial charge in [-0.25, -0.2) is 9.97 Å². The van der Waals surface area contributed by atoms with Gasteiger partial charge < -0.3 is 4.57 Å². The van der Waals surface area contributed by atoms with E-state index in [2.05, 4.69) is 38.8 Å². The second-order valence-electron chi connectivity index (χ2n) is 5.15. The molecule has 0 saturated heterocycles. The molecule has 3 nitrogen and oxygen atoms in total. The number of benzene rings is 1. The third-order valence-corrected chi connectivity index (χ3v) is 3.78. The normalized spacial score (nSPS) is 11.1. The molecule has 0 atom stereocenters. The van der Waals surface area contributed by atoms with Gasteiger partial charge in [0, 0.05) is 24.5 Å². The molecule has 108 valence electrons. The first kappa shape index (κ1) is 14.1. The Bertz CT molecular complexity index is 734. The molecular weight excluding hydrogens is 282 g/mol. The van der Waals surface area contributed by atoms with Gasteiger partial charge in [-0.3, -0.25) is 0 Å². The molecule has 0 saturated carbocycles. The van der Waals surface area contributed by atoms with Crippen LogP contribution in [0.1, 0.15) is 17.1 Å². The molecular formula is C17H18ClN3. The highest BCUT2D eigenvalue weighted by atomic mass is 35.5. The van der Waals surface area contributed by atoms with Gasteiger partial charge in [-0.1, -0.05) is 30.3 Å². The van der Waals surface area contributed by atoms with E-state index >= 15 is 0 Å². The van der Waals surface area contributed by atoms with Crippen molar-refractivity contribution in [1.29, 1.82) is 0 Å². The van der Waals surface area contributed by atoms with Gasteiger partial charge in [0.1, 0.15) is 11.3 Å². The molecule has 0 aliphatic heterocycles. The number of hydrogen-bond acceptors (Lipinski definition) is 2. The van der Waals surface area contributed by atoms with E-state index < -0.39 is 0 Å². The zero-order valence-corrected chi connectivity index (χ0v) is 12.8. The maximum absolute atomic E-state index is 5.91. The minimum absolute atomic E-state index is 0.577. The van der Waals surface area contributed by atoms with Crippen molar-refractivity contribution < 1.29 is 0 Å². The molecule has 0 unspecified atom stereocenters. The number of rotatable bonds is 5.